The van der Waals surface area contributed by atoms with Crippen molar-refractivity contribution in [2.45, 2.75) is 37.8 Å². The summed E-state index contributed by atoms with van der Waals surface area (Å²) in [6, 6.07) is 3.93. The van der Waals surface area contributed by atoms with Crippen LogP contribution < -0.4 is 5.32 Å². The molecule has 15 heavy (non-hydrogen) atoms. The van der Waals surface area contributed by atoms with Gasteiger partial charge in [0.25, 0.3) is 0 Å². The summed E-state index contributed by atoms with van der Waals surface area (Å²) in [5.41, 5.74) is 0. The highest BCUT2D eigenvalue weighted by Gasteiger charge is 2.19. The molecule has 82 valence electrons. The van der Waals surface area contributed by atoms with E-state index in [-0.39, 0.29) is 6.10 Å². The van der Waals surface area contributed by atoms with Crippen LogP contribution in [0.2, 0.25) is 5.15 Å². The van der Waals surface area contributed by atoms with Gasteiger partial charge in [0.05, 0.1) is 6.10 Å². The van der Waals surface area contributed by atoms with Gasteiger partial charge in [-0.25, -0.2) is 0 Å². The Morgan fingerprint density at radius 2 is 1.93 bits per heavy atom. The van der Waals surface area contributed by atoms with E-state index in [4.69, 9.17) is 11.6 Å². The molecule has 1 aliphatic rings. The van der Waals surface area contributed by atoms with Crippen LogP contribution in [0.5, 0.6) is 0 Å². The van der Waals surface area contributed by atoms with Gasteiger partial charge in [-0.1, -0.05) is 11.6 Å². The maximum atomic E-state index is 9.36. The second kappa shape index (κ2) is 4.77. The molecule has 0 amide bonds. The predicted octanol–water partition coefficient (Wildman–Crippen LogP) is 1.85. The van der Waals surface area contributed by atoms with Crippen LogP contribution in [0, 0.1) is 0 Å². The first-order valence-electron chi connectivity index (χ1n) is 5.18. The number of rotatable bonds is 2. The first-order chi connectivity index (χ1) is 7.24. The summed E-state index contributed by atoms with van der Waals surface area (Å²) >= 11 is 5.64. The lowest BCUT2D eigenvalue weighted by molar-refractivity contribution is 0.126. The van der Waals surface area contributed by atoms with Crippen molar-refractivity contribution < 1.29 is 5.11 Å². The van der Waals surface area contributed by atoms with Gasteiger partial charge < -0.3 is 10.4 Å². The summed E-state index contributed by atoms with van der Waals surface area (Å²) in [5.74, 6) is 0.751. The standard InChI is InChI=1S/C10H14ClN3O/c11-9-5-6-10(14-13-9)12-7-1-3-8(15)4-2-7/h5-8,15H,1-4H2,(H,12,14). The number of aromatic nitrogens is 2. The summed E-state index contributed by atoms with van der Waals surface area (Å²) in [6.07, 6.45) is 3.55. The molecule has 0 bridgehead atoms. The van der Waals surface area contributed by atoms with Crippen molar-refractivity contribution in [1.82, 2.24) is 10.2 Å². The number of halogens is 1. The molecule has 1 fully saturated rings. The van der Waals surface area contributed by atoms with Crippen LogP contribution in [-0.2, 0) is 0 Å². The van der Waals surface area contributed by atoms with Crippen LogP contribution in [0.25, 0.3) is 0 Å². The zero-order chi connectivity index (χ0) is 10.7. The molecule has 1 aromatic rings. The average molecular weight is 228 g/mol. The van der Waals surface area contributed by atoms with Gasteiger partial charge in [0.15, 0.2) is 5.15 Å². The van der Waals surface area contributed by atoms with Crippen molar-refractivity contribution in [3.8, 4) is 0 Å². The third-order valence-corrected chi connectivity index (χ3v) is 2.88. The lowest BCUT2D eigenvalue weighted by Gasteiger charge is -2.26. The van der Waals surface area contributed by atoms with Crippen LogP contribution in [0.3, 0.4) is 0 Å². The van der Waals surface area contributed by atoms with Crippen molar-refractivity contribution in [2.75, 3.05) is 5.32 Å². The highest BCUT2D eigenvalue weighted by Crippen LogP contribution is 2.21. The van der Waals surface area contributed by atoms with Crippen LogP contribution in [-0.4, -0.2) is 27.4 Å². The van der Waals surface area contributed by atoms with Gasteiger partial charge in [0.1, 0.15) is 5.82 Å². The van der Waals surface area contributed by atoms with E-state index in [9.17, 15) is 5.11 Å². The highest BCUT2D eigenvalue weighted by atomic mass is 35.5. The van der Waals surface area contributed by atoms with Gasteiger partial charge in [-0.05, 0) is 37.8 Å². The molecule has 2 rings (SSSR count). The largest absolute Gasteiger partial charge is 0.393 e. The van der Waals surface area contributed by atoms with Crippen LogP contribution in [0.1, 0.15) is 25.7 Å². The Labute approximate surface area is 93.7 Å². The van der Waals surface area contributed by atoms with Crippen molar-refractivity contribution in [1.29, 1.82) is 0 Å². The Morgan fingerprint density at radius 1 is 1.20 bits per heavy atom. The molecule has 0 atom stereocenters. The first kappa shape index (κ1) is 10.6. The lowest BCUT2D eigenvalue weighted by atomic mass is 9.93. The highest BCUT2D eigenvalue weighted by molar-refractivity contribution is 6.29. The van der Waals surface area contributed by atoms with E-state index in [2.05, 4.69) is 15.5 Å². The molecule has 0 aromatic carbocycles. The number of aliphatic hydroxyl groups is 1. The fourth-order valence-electron chi connectivity index (χ4n) is 1.82. The Bertz CT molecular complexity index is 309. The zero-order valence-corrected chi connectivity index (χ0v) is 9.11. The van der Waals surface area contributed by atoms with Gasteiger partial charge in [0, 0.05) is 6.04 Å². The molecule has 1 heterocycles. The minimum atomic E-state index is -0.126. The molecule has 0 spiro atoms. The maximum Gasteiger partial charge on any atom is 0.151 e. The fraction of sp³-hybridized carbons (Fsp3) is 0.600. The summed E-state index contributed by atoms with van der Waals surface area (Å²) in [6.45, 7) is 0. The fourth-order valence-corrected chi connectivity index (χ4v) is 1.92. The van der Waals surface area contributed by atoms with Gasteiger partial charge >= 0.3 is 0 Å². The Hall–Kier alpha value is -0.870. The number of anilines is 1. The summed E-state index contributed by atoms with van der Waals surface area (Å²) in [7, 11) is 0. The van der Waals surface area contributed by atoms with Gasteiger partial charge in [-0.15, -0.1) is 10.2 Å². The third-order valence-electron chi connectivity index (χ3n) is 2.68. The Balaban J connectivity index is 1.89. The number of hydrogen-bond donors (Lipinski definition) is 2. The average Bonchev–Trinajstić information content (AvgIpc) is 2.25. The van der Waals surface area contributed by atoms with Crippen LogP contribution >= 0.6 is 11.6 Å². The minimum Gasteiger partial charge on any atom is -0.393 e. The zero-order valence-electron chi connectivity index (χ0n) is 8.36. The van der Waals surface area contributed by atoms with Crippen molar-refractivity contribution in [3.63, 3.8) is 0 Å². The van der Waals surface area contributed by atoms with E-state index >= 15 is 0 Å². The van der Waals surface area contributed by atoms with Crippen molar-refractivity contribution in [3.05, 3.63) is 17.3 Å². The third kappa shape index (κ3) is 3.04. The number of nitrogens with one attached hydrogen (secondary N) is 1. The molecule has 0 radical (unpaired) electrons. The van der Waals surface area contributed by atoms with Crippen molar-refractivity contribution in [2.24, 2.45) is 0 Å². The molecule has 0 saturated heterocycles. The molecular formula is C10H14ClN3O. The minimum absolute atomic E-state index is 0.126. The molecule has 5 heteroatoms. The van der Waals surface area contributed by atoms with Gasteiger partial charge in [-0.3, -0.25) is 0 Å². The summed E-state index contributed by atoms with van der Waals surface area (Å²) < 4.78 is 0. The normalized spacial score (nSPS) is 26.3. The summed E-state index contributed by atoms with van der Waals surface area (Å²) in [4.78, 5) is 0. The molecular weight excluding hydrogens is 214 g/mol. The maximum absolute atomic E-state index is 9.36. The lowest BCUT2D eigenvalue weighted by Crippen LogP contribution is -2.28. The molecule has 2 N–H and O–H groups in total. The second-order valence-corrected chi connectivity index (χ2v) is 4.28. The quantitative estimate of drug-likeness (QED) is 0.810. The van der Waals surface area contributed by atoms with Gasteiger partial charge in [0.2, 0.25) is 0 Å². The molecule has 0 aliphatic heterocycles. The molecule has 0 unspecified atom stereocenters. The van der Waals surface area contributed by atoms with E-state index in [0.717, 1.165) is 31.5 Å². The van der Waals surface area contributed by atoms with E-state index < -0.39 is 0 Å². The van der Waals surface area contributed by atoms with E-state index in [1.165, 1.54) is 0 Å². The van der Waals surface area contributed by atoms with Gasteiger partial charge in [-0.2, -0.15) is 0 Å². The Kier molecular flexibility index (Phi) is 3.38. The van der Waals surface area contributed by atoms with Crippen LogP contribution in [0.4, 0.5) is 5.82 Å². The smallest absolute Gasteiger partial charge is 0.151 e. The first-order valence-corrected chi connectivity index (χ1v) is 5.55. The monoisotopic (exact) mass is 227 g/mol. The van der Waals surface area contributed by atoms with E-state index in [1.807, 2.05) is 6.07 Å². The molecule has 1 saturated carbocycles. The molecule has 4 nitrogen and oxygen atoms in total. The topological polar surface area (TPSA) is 58.0 Å². The Morgan fingerprint density at radius 3 is 2.53 bits per heavy atom. The molecule has 1 aromatic heterocycles. The van der Waals surface area contributed by atoms with E-state index in [1.54, 1.807) is 6.07 Å². The van der Waals surface area contributed by atoms with Crippen LogP contribution in [0.15, 0.2) is 12.1 Å². The van der Waals surface area contributed by atoms with E-state index in [0.29, 0.717) is 11.2 Å². The number of aliphatic hydroxyl groups excluding tert-OH is 1. The predicted molar refractivity (Wildman–Crippen MR) is 58.9 cm³/mol. The number of nitrogens with zero attached hydrogens (tertiary/aromatic N) is 2. The van der Waals surface area contributed by atoms with Crippen molar-refractivity contribution >= 4 is 17.4 Å². The summed E-state index contributed by atoms with van der Waals surface area (Å²) in [5, 5.41) is 20.7. The second-order valence-electron chi connectivity index (χ2n) is 3.89. The SMILES string of the molecule is OC1CCC(Nc2ccc(Cl)nn2)CC1. The number of hydrogen-bond acceptors (Lipinski definition) is 4. The molecule has 1 aliphatic carbocycles.